The maximum atomic E-state index is 12.6. The number of rotatable bonds is 2. The fourth-order valence-electron chi connectivity index (χ4n) is 5.58. The molecule has 5 heteroatoms. The molecule has 5 fully saturated rings. The minimum atomic E-state index is -0.221. The van der Waals surface area contributed by atoms with Gasteiger partial charge in [0.1, 0.15) is 0 Å². The third-order valence-corrected chi connectivity index (χ3v) is 6.04. The summed E-state index contributed by atoms with van der Waals surface area (Å²) in [6.07, 6.45) is 7.48. The number of amides is 2. The van der Waals surface area contributed by atoms with E-state index in [-0.39, 0.29) is 24.3 Å². The molecule has 2 N–H and O–H groups in total. The Bertz CT molecular complexity index is 390. The van der Waals surface area contributed by atoms with Gasteiger partial charge in [0.05, 0.1) is 25.9 Å². The molecule has 1 heterocycles. The number of aliphatic hydroxyl groups excluding tert-OH is 1. The molecular formula is C16H26N2O3. The second kappa shape index (κ2) is 5.13. The van der Waals surface area contributed by atoms with Crippen molar-refractivity contribution in [2.24, 2.45) is 17.8 Å². The number of hydrogen-bond donors (Lipinski definition) is 2. The van der Waals surface area contributed by atoms with Crippen LogP contribution in [-0.4, -0.2) is 54.0 Å². The fraction of sp³-hybridized carbons (Fsp3) is 0.938. The first kappa shape index (κ1) is 13.8. The van der Waals surface area contributed by atoms with Crippen LogP contribution >= 0.6 is 0 Å². The van der Waals surface area contributed by atoms with Crippen LogP contribution in [0, 0.1) is 17.8 Å². The van der Waals surface area contributed by atoms with Gasteiger partial charge in [-0.1, -0.05) is 0 Å². The maximum absolute atomic E-state index is 12.6. The Kier molecular flexibility index (Phi) is 3.38. The van der Waals surface area contributed by atoms with Crippen molar-refractivity contribution in [2.75, 3.05) is 26.3 Å². The van der Waals surface area contributed by atoms with E-state index < -0.39 is 0 Å². The van der Waals surface area contributed by atoms with Gasteiger partial charge in [-0.2, -0.15) is 0 Å². The van der Waals surface area contributed by atoms with Gasteiger partial charge >= 0.3 is 6.03 Å². The minimum Gasteiger partial charge on any atom is -0.394 e. The Hall–Kier alpha value is -0.810. The highest BCUT2D eigenvalue weighted by atomic mass is 16.5. The van der Waals surface area contributed by atoms with E-state index in [9.17, 15) is 9.90 Å². The third kappa shape index (κ3) is 2.55. The van der Waals surface area contributed by atoms with Crippen molar-refractivity contribution in [1.29, 1.82) is 0 Å². The molecule has 1 aliphatic heterocycles. The van der Waals surface area contributed by atoms with Crippen LogP contribution in [0.4, 0.5) is 4.79 Å². The smallest absolute Gasteiger partial charge is 0.317 e. The summed E-state index contributed by atoms with van der Waals surface area (Å²) in [6, 6.07) is 0.0544. The largest absolute Gasteiger partial charge is 0.394 e. The lowest BCUT2D eigenvalue weighted by molar-refractivity contribution is -0.0465. The number of aliphatic hydroxyl groups is 1. The molecule has 4 bridgehead atoms. The Morgan fingerprint density at radius 1 is 1.19 bits per heavy atom. The summed E-state index contributed by atoms with van der Waals surface area (Å²) in [6.45, 7) is 1.66. The van der Waals surface area contributed by atoms with Gasteiger partial charge < -0.3 is 20.1 Å². The number of ether oxygens (including phenoxy) is 1. The van der Waals surface area contributed by atoms with E-state index in [0.29, 0.717) is 19.7 Å². The lowest BCUT2D eigenvalue weighted by atomic mass is 9.53. The van der Waals surface area contributed by atoms with Gasteiger partial charge in [0.2, 0.25) is 0 Å². The van der Waals surface area contributed by atoms with Crippen LogP contribution in [0.3, 0.4) is 0 Å². The predicted molar refractivity (Wildman–Crippen MR) is 77.8 cm³/mol. The van der Waals surface area contributed by atoms with Crippen LogP contribution in [0.15, 0.2) is 0 Å². The van der Waals surface area contributed by atoms with Crippen LogP contribution in [0.25, 0.3) is 0 Å². The molecule has 2 amide bonds. The Morgan fingerprint density at radius 2 is 1.81 bits per heavy atom. The van der Waals surface area contributed by atoms with Crippen molar-refractivity contribution in [3.63, 3.8) is 0 Å². The van der Waals surface area contributed by atoms with E-state index in [0.717, 1.165) is 17.8 Å². The van der Waals surface area contributed by atoms with Gasteiger partial charge in [0.15, 0.2) is 0 Å². The van der Waals surface area contributed by atoms with Crippen LogP contribution in [-0.2, 0) is 4.74 Å². The summed E-state index contributed by atoms with van der Waals surface area (Å²) < 4.78 is 5.43. The molecule has 118 valence electrons. The van der Waals surface area contributed by atoms with Crippen LogP contribution < -0.4 is 5.32 Å². The molecule has 0 aromatic rings. The normalized spacial score (nSPS) is 44.9. The van der Waals surface area contributed by atoms with E-state index in [1.807, 2.05) is 4.90 Å². The highest BCUT2D eigenvalue weighted by Crippen LogP contribution is 2.55. The lowest BCUT2D eigenvalue weighted by Gasteiger charge is -2.57. The topological polar surface area (TPSA) is 61.8 Å². The van der Waals surface area contributed by atoms with Gasteiger partial charge in [-0.25, -0.2) is 4.79 Å². The molecule has 0 spiro atoms. The zero-order valence-corrected chi connectivity index (χ0v) is 12.6. The van der Waals surface area contributed by atoms with Gasteiger partial charge in [0, 0.05) is 12.1 Å². The summed E-state index contributed by atoms with van der Waals surface area (Å²) in [5.74, 6) is 2.52. The molecular weight excluding hydrogens is 268 g/mol. The second-order valence-electron chi connectivity index (χ2n) is 7.75. The molecule has 4 aliphatic carbocycles. The molecule has 5 nitrogen and oxygen atoms in total. The van der Waals surface area contributed by atoms with Crippen LogP contribution in [0.5, 0.6) is 0 Å². The average molecular weight is 294 g/mol. The SMILES string of the molecule is O=C(NC12CC3CC(CC(C3)C1)C2)N1CCOC(CO)C1. The van der Waals surface area contributed by atoms with E-state index in [2.05, 4.69) is 5.32 Å². The molecule has 1 saturated heterocycles. The number of urea groups is 1. The van der Waals surface area contributed by atoms with Gasteiger partial charge in [-0.15, -0.1) is 0 Å². The highest BCUT2D eigenvalue weighted by molar-refractivity contribution is 5.75. The van der Waals surface area contributed by atoms with E-state index >= 15 is 0 Å². The number of hydrogen-bond acceptors (Lipinski definition) is 3. The zero-order valence-electron chi connectivity index (χ0n) is 12.6. The Labute approximate surface area is 126 Å². The predicted octanol–water partition coefficient (Wildman–Crippen LogP) is 1.36. The van der Waals surface area contributed by atoms with E-state index in [4.69, 9.17) is 4.74 Å². The van der Waals surface area contributed by atoms with Gasteiger partial charge in [-0.3, -0.25) is 0 Å². The van der Waals surface area contributed by atoms with Crippen LogP contribution in [0.2, 0.25) is 0 Å². The van der Waals surface area contributed by atoms with Crippen molar-refractivity contribution in [3.05, 3.63) is 0 Å². The number of nitrogens with zero attached hydrogens (tertiary/aromatic N) is 1. The van der Waals surface area contributed by atoms with E-state index in [1.54, 1.807) is 0 Å². The third-order valence-electron chi connectivity index (χ3n) is 6.04. The molecule has 1 atom stereocenters. The zero-order chi connectivity index (χ0) is 14.4. The summed E-state index contributed by atoms with van der Waals surface area (Å²) in [7, 11) is 0. The van der Waals surface area contributed by atoms with Crippen molar-refractivity contribution in [2.45, 2.75) is 50.2 Å². The van der Waals surface area contributed by atoms with Gasteiger partial charge in [0.25, 0.3) is 0 Å². The number of carbonyl (C=O) groups is 1. The summed E-state index contributed by atoms with van der Waals surface area (Å²) in [5, 5.41) is 12.6. The summed E-state index contributed by atoms with van der Waals surface area (Å²) in [5.41, 5.74) is 0.0683. The fourth-order valence-corrected chi connectivity index (χ4v) is 5.58. The molecule has 4 saturated carbocycles. The molecule has 0 aromatic carbocycles. The summed E-state index contributed by atoms with van der Waals surface area (Å²) in [4.78, 5) is 14.4. The molecule has 0 aromatic heterocycles. The number of carbonyl (C=O) groups excluding carboxylic acids is 1. The first-order valence-corrected chi connectivity index (χ1v) is 8.45. The molecule has 0 radical (unpaired) electrons. The number of morpholine rings is 1. The van der Waals surface area contributed by atoms with E-state index in [1.165, 1.54) is 38.5 Å². The van der Waals surface area contributed by atoms with Crippen molar-refractivity contribution < 1.29 is 14.6 Å². The van der Waals surface area contributed by atoms with Crippen LogP contribution in [0.1, 0.15) is 38.5 Å². The minimum absolute atomic E-state index is 0.0128. The monoisotopic (exact) mass is 294 g/mol. The maximum Gasteiger partial charge on any atom is 0.317 e. The highest BCUT2D eigenvalue weighted by Gasteiger charge is 2.51. The van der Waals surface area contributed by atoms with Gasteiger partial charge in [-0.05, 0) is 56.3 Å². The summed E-state index contributed by atoms with van der Waals surface area (Å²) >= 11 is 0. The average Bonchev–Trinajstić information content (AvgIpc) is 2.45. The molecule has 5 aliphatic rings. The quantitative estimate of drug-likeness (QED) is 0.808. The molecule has 1 unspecified atom stereocenters. The first-order chi connectivity index (χ1) is 10.2. The first-order valence-electron chi connectivity index (χ1n) is 8.45. The Morgan fingerprint density at radius 3 is 2.38 bits per heavy atom. The molecule has 5 rings (SSSR count). The second-order valence-corrected chi connectivity index (χ2v) is 7.75. The van der Waals surface area contributed by atoms with Crippen molar-refractivity contribution >= 4 is 6.03 Å². The van der Waals surface area contributed by atoms with Crippen molar-refractivity contribution in [3.8, 4) is 0 Å². The van der Waals surface area contributed by atoms with Crippen molar-refractivity contribution in [1.82, 2.24) is 10.2 Å². The standard InChI is InChI=1S/C16H26N2O3/c19-10-14-9-18(1-2-21-14)15(20)17-16-6-11-3-12(7-16)5-13(4-11)8-16/h11-14,19H,1-10H2,(H,17,20). The lowest BCUT2D eigenvalue weighted by Crippen LogP contribution is -2.63. The molecule has 21 heavy (non-hydrogen) atoms. The Balaban J connectivity index is 1.42. The number of nitrogens with one attached hydrogen (secondary N) is 1.